The highest BCUT2D eigenvalue weighted by molar-refractivity contribution is 9.10. The second-order valence-corrected chi connectivity index (χ2v) is 6.06. The molecule has 104 valence electrons. The van der Waals surface area contributed by atoms with Crippen molar-refractivity contribution in [3.05, 3.63) is 33.8 Å². The van der Waals surface area contributed by atoms with E-state index in [2.05, 4.69) is 21.2 Å². The summed E-state index contributed by atoms with van der Waals surface area (Å²) in [5.41, 5.74) is 1.85. The zero-order valence-corrected chi connectivity index (χ0v) is 13.2. The second kappa shape index (κ2) is 6.53. The summed E-state index contributed by atoms with van der Waals surface area (Å²) in [6.45, 7) is 4.79. The van der Waals surface area contributed by atoms with E-state index in [-0.39, 0.29) is 5.91 Å². The van der Waals surface area contributed by atoms with E-state index in [1.165, 1.54) is 0 Å². The minimum atomic E-state index is 0.168. The van der Waals surface area contributed by atoms with Gasteiger partial charge in [0.1, 0.15) is 0 Å². The second-order valence-electron chi connectivity index (χ2n) is 5.21. The first kappa shape index (κ1) is 14.5. The molecule has 1 amide bonds. The highest BCUT2D eigenvalue weighted by Gasteiger charge is 2.24. The van der Waals surface area contributed by atoms with Crippen LogP contribution in [0.25, 0.3) is 0 Å². The Bertz CT molecular complexity index is 453. The van der Waals surface area contributed by atoms with E-state index >= 15 is 0 Å². The van der Waals surface area contributed by atoms with Gasteiger partial charge in [-0.25, -0.2) is 0 Å². The molecule has 0 spiro atoms. The Morgan fingerprint density at radius 1 is 1.42 bits per heavy atom. The SMILES string of the molecule is CNCC1CCN(C(=O)c2cccc(Br)c2C)CC1. The fourth-order valence-corrected chi connectivity index (χ4v) is 3.00. The third-order valence-electron chi connectivity index (χ3n) is 3.89. The van der Waals surface area contributed by atoms with Gasteiger partial charge in [-0.2, -0.15) is 0 Å². The molecule has 0 aromatic heterocycles. The zero-order valence-electron chi connectivity index (χ0n) is 11.6. The van der Waals surface area contributed by atoms with E-state index in [0.29, 0.717) is 5.92 Å². The predicted octanol–water partition coefficient (Wildman–Crippen LogP) is 2.83. The van der Waals surface area contributed by atoms with Crippen LogP contribution in [-0.2, 0) is 0 Å². The Labute approximate surface area is 123 Å². The van der Waals surface area contributed by atoms with Gasteiger partial charge in [0.25, 0.3) is 5.91 Å². The van der Waals surface area contributed by atoms with Crippen LogP contribution in [0.1, 0.15) is 28.8 Å². The fraction of sp³-hybridized carbons (Fsp3) is 0.533. The van der Waals surface area contributed by atoms with Gasteiger partial charge < -0.3 is 10.2 Å². The average molecular weight is 325 g/mol. The van der Waals surface area contributed by atoms with Crippen LogP contribution in [0.2, 0.25) is 0 Å². The van der Waals surface area contributed by atoms with Gasteiger partial charge >= 0.3 is 0 Å². The number of hydrogen-bond donors (Lipinski definition) is 1. The Morgan fingerprint density at radius 2 is 2.11 bits per heavy atom. The molecule has 2 rings (SSSR count). The Kier molecular flexibility index (Phi) is 4.99. The lowest BCUT2D eigenvalue weighted by Crippen LogP contribution is -2.40. The van der Waals surface area contributed by atoms with Crippen molar-refractivity contribution in [3.8, 4) is 0 Å². The van der Waals surface area contributed by atoms with E-state index in [4.69, 9.17) is 0 Å². The maximum Gasteiger partial charge on any atom is 0.254 e. The third kappa shape index (κ3) is 3.37. The van der Waals surface area contributed by atoms with Gasteiger partial charge in [-0.3, -0.25) is 4.79 Å². The van der Waals surface area contributed by atoms with Crippen LogP contribution < -0.4 is 5.32 Å². The molecule has 0 radical (unpaired) electrons. The lowest BCUT2D eigenvalue weighted by atomic mass is 9.96. The van der Waals surface area contributed by atoms with Crippen molar-refractivity contribution in [2.75, 3.05) is 26.7 Å². The van der Waals surface area contributed by atoms with Crippen molar-refractivity contribution in [1.29, 1.82) is 0 Å². The summed E-state index contributed by atoms with van der Waals surface area (Å²) >= 11 is 3.49. The van der Waals surface area contributed by atoms with Gasteiger partial charge in [0.2, 0.25) is 0 Å². The quantitative estimate of drug-likeness (QED) is 0.927. The monoisotopic (exact) mass is 324 g/mol. The largest absolute Gasteiger partial charge is 0.339 e. The molecule has 1 saturated heterocycles. The maximum absolute atomic E-state index is 12.5. The molecule has 0 aliphatic carbocycles. The molecule has 3 nitrogen and oxygen atoms in total. The van der Waals surface area contributed by atoms with Gasteiger partial charge in [-0.15, -0.1) is 0 Å². The van der Waals surface area contributed by atoms with E-state index in [1.807, 2.05) is 37.1 Å². The number of halogens is 1. The lowest BCUT2D eigenvalue weighted by molar-refractivity contribution is 0.0690. The van der Waals surface area contributed by atoms with Crippen molar-refractivity contribution in [2.45, 2.75) is 19.8 Å². The van der Waals surface area contributed by atoms with Gasteiger partial charge in [-0.1, -0.05) is 22.0 Å². The van der Waals surface area contributed by atoms with Crippen LogP contribution in [-0.4, -0.2) is 37.5 Å². The molecule has 1 aromatic carbocycles. The molecular formula is C15H21BrN2O. The average Bonchev–Trinajstić information content (AvgIpc) is 2.42. The van der Waals surface area contributed by atoms with Gasteiger partial charge in [-0.05, 0) is 57.0 Å². The standard InChI is InChI=1S/C15H21BrN2O/c1-11-13(4-3-5-14(11)16)15(19)18-8-6-12(7-9-18)10-17-2/h3-5,12,17H,6-10H2,1-2H3. The van der Waals surface area contributed by atoms with Crippen LogP contribution in [0.3, 0.4) is 0 Å². The number of rotatable bonds is 3. The summed E-state index contributed by atoms with van der Waals surface area (Å²) in [7, 11) is 1.99. The molecule has 0 saturated carbocycles. The number of amides is 1. The molecule has 4 heteroatoms. The molecule has 1 aliphatic heterocycles. The molecule has 19 heavy (non-hydrogen) atoms. The number of hydrogen-bond acceptors (Lipinski definition) is 2. The van der Waals surface area contributed by atoms with Crippen LogP contribution >= 0.6 is 15.9 Å². The van der Waals surface area contributed by atoms with Crippen LogP contribution in [0.4, 0.5) is 0 Å². The van der Waals surface area contributed by atoms with Crippen molar-refractivity contribution in [1.82, 2.24) is 10.2 Å². The molecule has 1 fully saturated rings. The topological polar surface area (TPSA) is 32.3 Å². The molecule has 1 heterocycles. The Balaban J connectivity index is 2.03. The van der Waals surface area contributed by atoms with Crippen LogP contribution in [0, 0.1) is 12.8 Å². The van der Waals surface area contributed by atoms with Gasteiger partial charge in [0.15, 0.2) is 0 Å². The molecule has 1 aromatic rings. The van der Waals surface area contributed by atoms with Crippen molar-refractivity contribution in [2.24, 2.45) is 5.92 Å². The predicted molar refractivity (Wildman–Crippen MR) is 81.4 cm³/mol. The smallest absolute Gasteiger partial charge is 0.254 e. The van der Waals surface area contributed by atoms with Gasteiger partial charge in [0, 0.05) is 23.1 Å². The number of nitrogens with zero attached hydrogens (tertiary/aromatic N) is 1. The maximum atomic E-state index is 12.5. The van der Waals surface area contributed by atoms with E-state index in [0.717, 1.165) is 48.1 Å². The van der Waals surface area contributed by atoms with Crippen LogP contribution in [0.15, 0.2) is 22.7 Å². The lowest BCUT2D eigenvalue weighted by Gasteiger charge is -2.32. The molecule has 1 aliphatic rings. The highest BCUT2D eigenvalue weighted by Crippen LogP contribution is 2.23. The van der Waals surface area contributed by atoms with Crippen LogP contribution in [0.5, 0.6) is 0 Å². The van der Waals surface area contributed by atoms with Crippen molar-refractivity contribution < 1.29 is 4.79 Å². The van der Waals surface area contributed by atoms with Crippen molar-refractivity contribution in [3.63, 3.8) is 0 Å². The van der Waals surface area contributed by atoms with E-state index in [9.17, 15) is 4.79 Å². The van der Waals surface area contributed by atoms with E-state index < -0.39 is 0 Å². The first-order valence-electron chi connectivity index (χ1n) is 6.82. The van der Waals surface area contributed by atoms with Gasteiger partial charge in [0.05, 0.1) is 0 Å². The summed E-state index contributed by atoms with van der Waals surface area (Å²) < 4.78 is 1.00. The normalized spacial score (nSPS) is 16.7. The molecule has 0 bridgehead atoms. The molecule has 1 N–H and O–H groups in total. The first-order chi connectivity index (χ1) is 9.13. The summed E-state index contributed by atoms with van der Waals surface area (Å²) in [6.07, 6.45) is 2.19. The highest BCUT2D eigenvalue weighted by atomic mass is 79.9. The first-order valence-corrected chi connectivity index (χ1v) is 7.61. The number of benzene rings is 1. The summed E-state index contributed by atoms with van der Waals surface area (Å²) in [4.78, 5) is 14.5. The van der Waals surface area contributed by atoms with E-state index in [1.54, 1.807) is 0 Å². The summed E-state index contributed by atoms with van der Waals surface area (Å²) in [5.74, 6) is 0.874. The number of likely N-dealkylation sites (tertiary alicyclic amines) is 1. The molecule has 0 unspecified atom stereocenters. The van der Waals surface area contributed by atoms with Crippen molar-refractivity contribution >= 4 is 21.8 Å². The Hall–Kier alpha value is -0.870. The summed E-state index contributed by atoms with van der Waals surface area (Å²) in [6, 6.07) is 5.82. The number of carbonyl (C=O) groups is 1. The zero-order chi connectivity index (χ0) is 13.8. The fourth-order valence-electron chi connectivity index (χ4n) is 2.64. The minimum Gasteiger partial charge on any atom is -0.339 e. The molecular weight excluding hydrogens is 304 g/mol. The number of nitrogens with one attached hydrogen (secondary N) is 1. The third-order valence-corrected chi connectivity index (χ3v) is 4.75. The summed E-state index contributed by atoms with van der Waals surface area (Å²) in [5, 5.41) is 3.22. The Morgan fingerprint density at radius 3 is 2.74 bits per heavy atom. The number of carbonyl (C=O) groups excluding carboxylic acids is 1. The minimum absolute atomic E-state index is 0.168. The number of piperidine rings is 1. The molecule has 0 atom stereocenters.